The summed E-state index contributed by atoms with van der Waals surface area (Å²) in [5.74, 6) is 0. The van der Waals surface area contributed by atoms with Crippen LogP contribution in [0.5, 0.6) is 0 Å². The maximum absolute atomic E-state index is 9.24. The van der Waals surface area contributed by atoms with Crippen LogP contribution in [0.15, 0.2) is 6.20 Å². The largest absolute Gasteiger partial charge is 0.395 e. The van der Waals surface area contributed by atoms with Gasteiger partial charge in [-0.25, -0.2) is 0 Å². The molecule has 19 heavy (non-hydrogen) atoms. The molecule has 1 aromatic heterocycles. The highest BCUT2D eigenvalue weighted by Crippen LogP contribution is 2.13. The number of aliphatic hydroxyl groups excluding tert-OH is 1. The Morgan fingerprint density at radius 2 is 2.42 bits per heavy atom. The summed E-state index contributed by atoms with van der Waals surface area (Å²) in [5, 5.41) is 17.2. The van der Waals surface area contributed by atoms with E-state index >= 15 is 0 Å². The van der Waals surface area contributed by atoms with Crippen LogP contribution in [0.25, 0.3) is 0 Å². The number of rotatable bonds is 7. The molecule has 5 nitrogen and oxygen atoms in total. The summed E-state index contributed by atoms with van der Waals surface area (Å²) in [6, 6.07) is 0.577. The normalized spacial score (nSPS) is 19.5. The lowest BCUT2D eigenvalue weighted by Crippen LogP contribution is -2.38. The molecule has 0 aliphatic carbocycles. The highest BCUT2D eigenvalue weighted by atomic mass is 16.3. The SMILES string of the molecule is CCc1nn(C)cc1CN(CCO)CC1CCCN1. The lowest BCUT2D eigenvalue weighted by molar-refractivity contribution is 0.179. The zero-order valence-electron chi connectivity index (χ0n) is 12.1. The van der Waals surface area contributed by atoms with Crippen molar-refractivity contribution in [2.75, 3.05) is 26.2 Å². The van der Waals surface area contributed by atoms with Gasteiger partial charge in [0.05, 0.1) is 12.3 Å². The fraction of sp³-hybridized carbons (Fsp3) is 0.786. The molecule has 1 unspecified atom stereocenters. The predicted octanol–water partition coefficient (Wildman–Crippen LogP) is 0.529. The Morgan fingerprint density at radius 3 is 3.05 bits per heavy atom. The number of aromatic nitrogens is 2. The Morgan fingerprint density at radius 1 is 1.58 bits per heavy atom. The first kappa shape index (κ1) is 14.5. The van der Waals surface area contributed by atoms with Crippen molar-refractivity contribution < 1.29 is 5.11 Å². The minimum Gasteiger partial charge on any atom is -0.395 e. The van der Waals surface area contributed by atoms with Crippen LogP contribution in [0, 0.1) is 0 Å². The summed E-state index contributed by atoms with van der Waals surface area (Å²) >= 11 is 0. The van der Waals surface area contributed by atoms with E-state index in [-0.39, 0.29) is 6.61 Å². The molecule has 1 fully saturated rings. The van der Waals surface area contributed by atoms with E-state index in [0.717, 1.165) is 32.6 Å². The van der Waals surface area contributed by atoms with E-state index in [1.165, 1.54) is 24.1 Å². The summed E-state index contributed by atoms with van der Waals surface area (Å²) in [6.07, 6.45) is 5.58. The number of nitrogens with zero attached hydrogens (tertiary/aromatic N) is 3. The third-order valence-electron chi connectivity index (χ3n) is 3.78. The molecule has 108 valence electrons. The maximum Gasteiger partial charge on any atom is 0.0666 e. The quantitative estimate of drug-likeness (QED) is 0.756. The van der Waals surface area contributed by atoms with Gasteiger partial charge in [-0.2, -0.15) is 5.10 Å². The molecule has 0 spiro atoms. The molecule has 0 bridgehead atoms. The van der Waals surface area contributed by atoms with Crippen LogP contribution >= 0.6 is 0 Å². The van der Waals surface area contributed by atoms with Gasteiger partial charge in [0.25, 0.3) is 0 Å². The van der Waals surface area contributed by atoms with E-state index in [1.54, 1.807) is 0 Å². The van der Waals surface area contributed by atoms with Crippen LogP contribution in [-0.4, -0.2) is 52.1 Å². The topological polar surface area (TPSA) is 53.3 Å². The van der Waals surface area contributed by atoms with Gasteiger partial charge in [-0.05, 0) is 25.8 Å². The van der Waals surface area contributed by atoms with Gasteiger partial charge in [0.1, 0.15) is 0 Å². The fourth-order valence-corrected chi connectivity index (χ4v) is 2.85. The average molecular weight is 266 g/mol. The second-order valence-corrected chi connectivity index (χ2v) is 5.38. The van der Waals surface area contributed by atoms with Crippen LogP contribution in [-0.2, 0) is 20.0 Å². The first-order chi connectivity index (χ1) is 9.22. The molecule has 1 aliphatic heterocycles. The highest BCUT2D eigenvalue weighted by Gasteiger charge is 2.19. The van der Waals surface area contributed by atoms with E-state index in [9.17, 15) is 5.11 Å². The second-order valence-electron chi connectivity index (χ2n) is 5.38. The van der Waals surface area contributed by atoms with Crippen LogP contribution in [0.1, 0.15) is 31.0 Å². The van der Waals surface area contributed by atoms with Crippen molar-refractivity contribution in [3.05, 3.63) is 17.5 Å². The van der Waals surface area contributed by atoms with Crippen molar-refractivity contribution in [3.8, 4) is 0 Å². The van der Waals surface area contributed by atoms with Crippen LogP contribution < -0.4 is 5.32 Å². The van der Waals surface area contributed by atoms with Crippen molar-refractivity contribution in [1.29, 1.82) is 0 Å². The van der Waals surface area contributed by atoms with Crippen molar-refractivity contribution in [2.24, 2.45) is 7.05 Å². The molecule has 0 saturated carbocycles. The molecule has 2 N–H and O–H groups in total. The van der Waals surface area contributed by atoms with E-state index in [1.807, 2.05) is 11.7 Å². The van der Waals surface area contributed by atoms with Crippen molar-refractivity contribution in [1.82, 2.24) is 20.0 Å². The minimum atomic E-state index is 0.217. The molecule has 0 radical (unpaired) electrons. The number of hydrogen-bond donors (Lipinski definition) is 2. The third kappa shape index (κ3) is 4.03. The molecule has 0 amide bonds. The van der Waals surface area contributed by atoms with Gasteiger partial charge in [0, 0.05) is 44.5 Å². The van der Waals surface area contributed by atoms with Crippen molar-refractivity contribution in [2.45, 2.75) is 38.8 Å². The Balaban J connectivity index is 1.97. The second kappa shape index (κ2) is 7.03. The number of aliphatic hydroxyl groups is 1. The molecule has 0 aromatic carbocycles. The number of nitrogens with one attached hydrogen (secondary N) is 1. The molecule has 1 aliphatic rings. The summed E-state index contributed by atoms with van der Waals surface area (Å²) in [7, 11) is 1.97. The molecule has 5 heteroatoms. The van der Waals surface area contributed by atoms with E-state index in [4.69, 9.17) is 0 Å². The lowest BCUT2D eigenvalue weighted by atomic mass is 10.1. The average Bonchev–Trinajstić information content (AvgIpc) is 2.99. The van der Waals surface area contributed by atoms with Gasteiger partial charge in [0.2, 0.25) is 0 Å². The van der Waals surface area contributed by atoms with Gasteiger partial charge in [0.15, 0.2) is 0 Å². The monoisotopic (exact) mass is 266 g/mol. The predicted molar refractivity (Wildman–Crippen MR) is 76.0 cm³/mol. The Kier molecular flexibility index (Phi) is 5.36. The Bertz CT molecular complexity index is 385. The summed E-state index contributed by atoms with van der Waals surface area (Å²) in [4.78, 5) is 2.33. The molecule has 1 saturated heterocycles. The molecule has 2 rings (SSSR count). The van der Waals surface area contributed by atoms with Gasteiger partial charge in [-0.3, -0.25) is 9.58 Å². The van der Waals surface area contributed by atoms with E-state index in [2.05, 4.69) is 28.4 Å². The van der Waals surface area contributed by atoms with Crippen LogP contribution in [0.4, 0.5) is 0 Å². The highest BCUT2D eigenvalue weighted by molar-refractivity contribution is 5.16. The zero-order chi connectivity index (χ0) is 13.7. The third-order valence-corrected chi connectivity index (χ3v) is 3.78. The van der Waals surface area contributed by atoms with Gasteiger partial charge < -0.3 is 10.4 Å². The minimum absolute atomic E-state index is 0.217. The number of hydrogen-bond acceptors (Lipinski definition) is 4. The Hall–Kier alpha value is -0.910. The van der Waals surface area contributed by atoms with Gasteiger partial charge >= 0.3 is 0 Å². The first-order valence-electron chi connectivity index (χ1n) is 7.31. The van der Waals surface area contributed by atoms with Gasteiger partial charge in [-0.15, -0.1) is 0 Å². The summed E-state index contributed by atoms with van der Waals surface area (Å²) < 4.78 is 1.89. The van der Waals surface area contributed by atoms with Crippen LogP contribution in [0.3, 0.4) is 0 Å². The smallest absolute Gasteiger partial charge is 0.0666 e. The molecular formula is C14H26N4O. The van der Waals surface area contributed by atoms with Crippen molar-refractivity contribution >= 4 is 0 Å². The molecule has 1 aromatic rings. The molecular weight excluding hydrogens is 240 g/mol. The van der Waals surface area contributed by atoms with E-state index in [0.29, 0.717) is 6.04 Å². The van der Waals surface area contributed by atoms with Crippen molar-refractivity contribution in [3.63, 3.8) is 0 Å². The zero-order valence-corrected chi connectivity index (χ0v) is 12.1. The van der Waals surface area contributed by atoms with Crippen LogP contribution in [0.2, 0.25) is 0 Å². The standard InChI is InChI=1S/C14H26N4O/c1-3-14-12(9-17(2)16-14)10-18(7-8-19)11-13-5-4-6-15-13/h9,13,15,19H,3-8,10-11H2,1-2H3. The molecule has 2 heterocycles. The Labute approximate surface area is 115 Å². The van der Waals surface area contributed by atoms with E-state index < -0.39 is 0 Å². The summed E-state index contributed by atoms with van der Waals surface area (Å²) in [5.41, 5.74) is 2.46. The first-order valence-corrected chi connectivity index (χ1v) is 7.31. The lowest BCUT2D eigenvalue weighted by Gasteiger charge is -2.24. The van der Waals surface area contributed by atoms with Gasteiger partial charge in [-0.1, -0.05) is 6.92 Å². The summed E-state index contributed by atoms with van der Waals surface area (Å²) in [6.45, 7) is 6.12. The fourth-order valence-electron chi connectivity index (χ4n) is 2.85. The number of aryl methyl sites for hydroxylation is 2. The molecule has 1 atom stereocenters. The maximum atomic E-state index is 9.24.